The van der Waals surface area contributed by atoms with Crippen molar-refractivity contribution < 1.29 is 14.6 Å². The van der Waals surface area contributed by atoms with Crippen molar-refractivity contribution in [2.24, 2.45) is 0 Å². The molecule has 0 bridgehead atoms. The number of rotatable bonds is 6. The highest BCUT2D eigenvalue weighted by Gasteiger charge is 2.12. The van der Waals surface area contributed by atoms with Gasteiger partial charge in [-0.1, -0.05) is 13.3 Å². The first-order valence-corrected chi connectivity index (χ1v) is 4.91. The van der Waals surface area contributed by atoms with E-state index >= 15 is 0 Å². The van der Waals surface area contributed by atoms with Crippen molar-refractivity contribution in [2.45, 2.75) is 32.9 Å². The van der Waals surface area contributed by atoms with E-state index in [4.69, 9.17) is 9.84 Å². The van der Waals surface area contributed by atoms with E-state index in [1.165, 1.54) is 11.0 Å². The molecule has 15 heavy (non-hydrogen) atoms. The second kappa shape index (κ2) is 5.45. The first-order chi connectivity index (χ1) is 7.15. The van der Waals surface area contributed by atoms with Gasteiger partial charge in [-0.2, -0.15) is 0 Å². The molecule has 6 nitrogen and oxygen atoms in total. The van der Waals surface area contributed by atoms with Crippen LogP contribution in [0.1, 0.15) is 43.5 Å². The molecule has 1 aromatic rings. The van der Waals surface area contributed by atoms with Crippen LogP contribution in [0.25, 0.3) is 0 Å². The van der Waals surface area contributed by atoms with Crippen LogP contribution in [0.4, 0.5) is 0 Å². The standard InChI is InChI=1S/C9H15N3O3/c1-3-4-5-15-7(2)12-6-10-8(11-12)9(13)14/h6-7H,3-5H2,1-2H3,(H,13,14). The van der Waals surface area contributed by atoms with Crippen molar-refractivity contribution in [2.75, 3.05) is 6.61 Å². The number of carboxylic acids is 1. The van der Waals surface area contributed by atoms with Crippen molar-refractivity contribution in [3.05, 3.63) is 12.2 Å². The van der Waals surface area contributed by atoms with E-state index in [0.717, 1.165) is 12.8 Å². The van der Waals surface area contributed by atoms with E-state index in [0.29, 0.717) is 6.61 Å². The van der Waals surface area contributed by atoms with Gasteiger partial charge in [0.1, 0.15) is 12.6 Å². The second-order valence-corrected chi connectivity index (χ2v) is 3.18. The Labute approximate surface area is 87.9 Å². The van der Waals surface area contributed by atoms with Gasteiger partial charge >= 0.3 is 5.97 Å². The summed E-state index contributed by atoms with van der Waals surface area (Å²) in [5.74, 6) is -1.34. The highest BCUT2D eigenvalue weighted by atomic mass is 16.5. The molecule has 0 spiro atoms. The van der Waals surface area contributed by atoms with Crippen LogP contribution >= 0.6 is 0 Å². The van der Waals surface area contributed by atoms with Crippen molar-refractivity contribution in [1.82, 2.24) is 14.8 Å². The summed E-state index contributed by atoms with van der Waals surface area (Å²) in [5, 5.41) is 12.4. The average Bonchev–Trinajstić information content (AvgIpc) is 2.66. The summed E-state index contributed by atoms with van der Waals surface area (Å²) >= 11 is 0. The monoisotopic (exact) mass is 213 g/mol. The fourth-order valence-corrected chi connectivity index (χ4v) is 1.02. The Morgan fingerprint density at radius 2 is 2.47 bits per heavy atom. The lowest BCUT2D eigenvalue weighted by atomic mass is 10.4. The number of hydrogen-bond acceptors (Lipinski definition) is 4. The lowest BCUT2D eigenvalue weighted by Gasteiger charge is -2.11. The van der Waals surface area contributed by atoms with Crippen molar-refractivity contribution in [3.8, 4) is 0 Å². The second-order valence-electron chi connectivity index (χ2n) is 3.18. The summed E-state index contributed by atoms with van der Waals surface area (Å²) in [6.07, 6.45) is 3.12. The molecule has 0 aliphatic rings. The predicted molar refractivity (Wildman–Crippen MR) is 52.6 cm³/mol. The first-order valence-electron chi connectivity index (χ1n) is 4.91. The Morgan fingerprint density at radius 1 is 1.73 bits per heavy atom. The smallest absolute Gasteiger partial charge is 0.375 e. The Kier molecular flexibility index (Phi) is 4.23. The van der Waals surface area contributed by atoms with Crippen LogP contribution in [-0.4, -0.2) is 32.4 Å². The van der Waals surface area contributed by atoms with E-state index in [1.54, 1.807) is 6.92 Å². The van der Waals surface area contributed by atoms with E-state index in [-0.39, 0.29) is 12.1 Å². The zero-order valence-corrected chi connectivity index (χ0v) is 8.88. The van der Waals surface area contributed by atoms with E-state index < -0.39 is 5.97 Å². The van der Waals surface area contributed by atoms with Gasteiger partial charge in [0.2, 0.25) is 0 Å². The molecule has 1 N–H and O–H groups in total. The molecule has 1 heterocycles. The van der Waals surface area contributed by atoms with Gasteiger partial charge in [-0.25, -0.2) is 14.5 Å². The van der Waals surface area contributed by atoms with Gasteiger partial charge in [0.15, 0.2) is 0 Å². The summed E-state index contributed by atoms with van der Waals surface area (Å²) in [6, 6.07) is 0. The lowest BCUT2D eigenvalue weighted by Crippen LogP contribution is -2.12. The van der Waals surface area contributed by atoms with E-state index in [9.17, 15) is 4.79 Å². The van der Waals surface area contributed by atoms with Crippen LogP contribution in [0.2, 0.25) is 0 Å². The average molecular weight is 213 g/mol. The van der Waals surface area contributed by atoms with Crippen LogP contribution in [0.3, 0.4) is 0 Å². The third-order valence-electron chi connectivity index (χ3n) is 1.93. The Bertz CT molecular complexity index is 324. The van der Waals surface area contributed by atoms with Gasteiger partial charge in [-0.3, -0.25) is 0 Å². The molecule has 6 heteroatoms. The molecule has 1 rings (SSSR count). The number of carbonyl (C=O) groups is 1. The van der Waals surface area contributed by atoms with Gasteiger partial charge in [0.25, 0.3) is 5.82 Å². The molecule has 0 radical (unpaired) electrons. The molecule has 1 atom stereocenters. The Hall–Kier alpha value is -1.43. The van der Waals surface area contributed by atoms with Crippen LogP contribution in [0.5, 0.6) is 0 Å². The minimum atomic E-state index is -1.13. The van der Waals surface area contributed by atoms with E-state index in [2.05, 4.69) is 17.0 Å². The molecule has 84 valence electrons. The summed E-state index contributed by atoms with van der Waals surface area (Å²) in [4.78, 5) is 14.2. The number of aromatic carboxylic acids is 1. The number of hydrogen-bond donors (Lipinski definition) is 1. The van der Waals surface area contributed by atoms with E-state index in [1.807, 2.05) is 0 Å². The van der Waals surface area contributed by atoms with Crippen molar-refractivity contribution in [1.29, 1.82) is 0 Å². The topological polar surface area (TPSA) is 77.2 Å². The quantitative estimate of drug-likeness (QED) is 0.721. The van der Waals surface area contributed by atoms with Gasteiger partial charge in [-0.15, -0.1) is 5.10 Å². The number of aromatic nitrogens is 3. The molecular formula is C9H15N3O3. The maximum Gasteiger partial charge on any atom is 0.375 e. The molecular weight excluding hydrogens is 198 g/mol. The summed E-state index contributed by atoms with van der Waals surface area (Å²) < 4.78 is 6.83. The molecule has 0 aliphatic heterocycles. The summed E-state index contributed by atoms with van der Waals surface area (Å²) in [6.45, 7) is 4.52. The normalized spacial score (nSPS) is 12.7. The lowest BCUT2D eigenvalue weighted by molar-refractivity contribution is 0.00587. The highest BCUT2D eigenvalue weighted by Crippen LogP contribution is 2.06. The number of nitrogens with zero attached hydrogens (tertiary/aromatic N) is 3. The molecule has 1 unspecified atom stereocenters. The number of ether oxygens (including phenoxy) is 1. The Balaban J connectivity index is 2.50. The molecule has 0 aliphatic carbocycles. The van der Waals surface area contributed by atoms with Crippen LogP contribution < -0.4 is 0 Å². The maximum absolute atomic E-state index is 10.5. The van der Waals surface area contributed by atoms with Gasteiger partial charge in [-0.05, 0) is 13.3 Å². The summed E-state index contributed by atoms with van der Waals surface area (Å²) in [5.41, 5.74) is 0. The third-order valence-corrected chi connectivity index (χ3v) is 1.93. The third kappa shape index (κ3) is 3.32. The van der Waals surface area contributed by atoms with Crippen molar-refractivity contribution >= 4 is 5.97 Å². The predicted octanol–water partition coefficient (Wildman–Crippen LogP) is 1.31. The van der Waals surface area contributed by atoms with Crippen molar-refractivity contribution in [3.63, 3.8) is 0 Å². The molecule has 0 fully saturated rings. The SMILES string of the molecule is CCCCOC(C)n1cnc(C(=O)O)n1. The largest absolute Gasteiger partial charge is 0.475 e. The van der Waals surface area contributed by atoms with Crippen LogP contribution in [0, 0.1) is 0 Å². The highest BCUT2D eigenvalue weighted by molar-refractivity contribution is 5.82. The Morgan fingerprint density at radius 3 is 3.00 bits per heavy atom. The number of unbranched alkanes of at least 4 members (excludes halogenated alkanes) is 1. The maximum atomic E-state index is 10.5. The fraction of sp³-hybridized carbons (Fsp3) is 0.667. The van der Waals surface area contributed by atoms with Gasteiger partial charge in [0, 0.05) is 6.61 Å². The zero-order valence-electron chi connectivity index (χ0n) is 8.88. The molecule has 1 aromatic heterocycles. The minimum absolute atomic E-state index is 0.207. The number of carboxylic acid groups (broad SMARTS) is 1. The van der Waals surface area contributed by atoms with Gasteiger partial charge in [0.05, 0.1) is 0 Å². The molecule has 0 saturated heterocycles. The fourth-order valence-electron chi connectivity index (χ4n) is 1.02. The minimum Gasteiger partial charge on any atom is -0.475 e. The molecule has 0 aromatic carbocycles. The molecule has 0 saturated carbocycles. The first kappa shape index (κ1) is 11.6. The molecule has 0 amide bonds. The van der Waals surface area contributed by atoms with Crippen LogP contribution in [-0.2, 0) is 4.74 Å². The van der Waals surface area contributed by atoms with Gasteiger partial charge < -0.3 is 9.84 Å². The zero-order chi connectivity index (χ0) is 11.3. The summed E-state index contributed by atoms with van der Waals surface area (Å²) in [7, 11) is 0. The van der Waals surface area contributed by atoms with Crippen LogP contribution in [0.15, 0.2) is 6.33 Å².